The van der Waals surface area contributed by atoms with E-state index in [2.05, 4.69) is 11.2 Å². The van der Waals surface area contributed by atoms with E-state index in [0.29, 0.717) is 17.8 Å². The first-order chi connectivity index (χ1) is 15.8. The summed E-state index contributed by atoms with van der Waals surface area (Å²) in [7, 11) is 1.70. The van der Waals surface area contributed by atoms with Gasteiger partial charge in [0.25, 0.3) is 5.91 Å². The number of phenolic OH excluding ortho intramolecular Hbond substituents is 2. The third kappa shape index (κ3) is 4.32. The summed E-state index contributed by atoms with van der Waals surface area (Å²) in [6.45, 7) is 6.43. The molecule has 33 heavy (non-hydrogen) atoms. The van der Waals surface area contributed by atoms with Crippen molar-refractivity contribution in [2.75, 3.05) is 7.05 Å². The molecule has 2 N–H and O–H groups in total. The zero-order valence-corrected chi connectivity index (χ0v) is 19.2. The molecule has 0 fully saturated rings. The van der Waals surface area contributed by atoms with Crippen molar-refractivity contribution in [1.82, 2.24) is 14.7 Å². The molecule has 4 aromatic rings. The number of hydrogen-bond acceptors (Lipinski definition) is 4. The molecule has 0 aliphatic rings. The van der Waals surface area contributed by atoms with Crippen LogP contribution in [-0.2, 0) is 6.54 Å². The highest BCUT2D eigenvalue weighted by Gasteiger charge is 2.22. The number of carbonyl (C=O) groups excluding carboxylic acids is 1. The first-order valence-corrected chi connectivity index (χ1v) is 10.7. The van der Waals surface area contributed by atoms with Crippen LogP contribution in [0.1, 0.15) is 32.6 Å². The number of aromatic nitrogens is 2. The van der Waals surface area contributed by atoms with E-state index in [1.165, 1.54) is 12.1 Å². The van der Waals surface area contributed by atoms with Gasteiger partial charge < -0.3 is 15.1 Å². The van der Waals surface area contributed by atoms with Crippen molar-refractivity contribution >= 4 is 5.91 Å². The number of benzene rings is 3. The van der Waals surface area contributed by atoms with Gasteiger partial charge >= 0.3 is 0 Å². The van der Waals surface area contributed by atoms with Crippen molar-refractivity contribution in [3.8, 4) is 28.4 Å². The minimum Gasteiger partial charge on any atom is -0.507 e. The van der Waals surface area contributed by atoms with Crippen LogP contribution in [0.25, 0.3) is 16.9 Å². The van der Waals surface area contributed by atoms with Gasteiger partial charge in [-0.1, -0.05) is 42.0 Å². The van der Waals surface area contributed by atoms with Gasteiger partial charge in [0.05, 0.1) is 23.1 Å². The van der Waals surface area contributed by atoms with Crippen LogP contribution in [0.4, 0.5) is 0 Å². The molecule has 3 aromatic carbocycles. The van der Waals surface area contributed by atoms with E-state index < -0.39 is 0 Å². The summed E-state index contributed by atoms with van der Waals surface area (Å²) in [5, 5.41) is 25.5. The molecule has 1 aromatic heterocycles. The second-order valence-corrected chi connectivity index (χ2v) is 8.39. The Labute approximate surface area is 193 Å². The van der Waals surface area contributed by atoms with E-state index in [9.17, 15) is 15.0 Å². The molecule has 1 heterocycles. The standard InChI is InChI=1S/C27H27N3O3/c1-17-9-10-20(19(3)13-17)16-29(4)27(33)22-14-21(25(31)15-26(22)32)24-11-12-28-30(24)23-8-6-5-7-18(23)2/h5-15,31-32H,16H2,1-4H3. The van der Waals surface area contributed by atoms with Crippen molar-refractivity contribution in [2.45, 2.75) is 27.3 Å². The van der Waals surface area contributed by atoms with E-state index in [-0.39, 0.29) is 23.0 Å². The van der Waals surface area contributed by atoms with E-state index in [4.69, 9.17) is 0 Å². The fourth-order valence-corrected chi connectivity index (χ4v) is 4.01. The summed E-state index contributed by atoms with van der Waals surface area (Å²) < 4.78 is 1.72. The number of hydrogen-bond donors (Lipinski definition) is 2. The Bertz CT molecular complexity index is 1340. The Morgan fingerprint density at radius 2 is 1.70 bits per heavy atom. The first-order valence-electron chi connectivity index (χ1n) is 10.7. The van der Waals surface area contributed by atoms with Crippen LogP contribution in [0.5, 0.6) is 11.5 Å². The van der Waals surface area contributed by atoms with Crippen molar-refractivity contribution in [2.24, 2.45) is 0 Å². The lowest BCUT2D eigenvalue weighted by atomic mass is 10.0. The molecule has 0 saturated carbocycles. The maximum absolute atomic E-state index is 13.3. The highest BCUT2D eigenvalue weighted by atomic mass is 16.3. The topological polar surface area (TPSA) is 78.6 Å². The number of carbonyl (C=O) groups is 1. The third-order valence-corrected chi connectivity index (χ3v) is 5.86. The molecule has 0 saturated heterocycles. The lowest BCUT2D eigenvalue weighted by molar-refractivity contribution is 0.0782. The van der Waals surface area contributed by atoms with Gasteiger partial charge in [0.15, 0.2) is 0 Å². The third-order valence-electron chi connectivity index (χ3n) is 5.86. The summed E-state index contributed by atoms with van der Waals surface area (Å²) in [6.07, 6.45) is 1.64. The predicted molar refractivity (Wildman–Crippen MR) is 129 cm³/mol. The minimum absolute atomic E-state index is 0.118. The molecule has 4 rings (SSSR count). The Hall–Kier alpha value is -4.06. The molecular formula is C27H27N3O3. The maximum atomic E-state index is 13.3. The molecule has 1 amide bonds. The molecule has 0 atom stereocenters. The Morgan fingerprint density at radius 3 is 2.42 bits per heavy atom. The quantitative estimate of drug-likeness (QED) is 0.449. The molecule has 0 aliphatic carbocycles. The van der Waals surface area contributed by atoms with E-state index in [1.54, 1.807) is 28.9 Å². The van der Waals surface area contributed by atoms with Gasteiger partial charge in [-0.3, -0.25) is 4.79 Å². The van der Waals surface area contributed by atoms with Crippen LogP contribution < -0.4 is 0 Å². The van der Waals surface area contributed by atoms with Crippen LogP contribution in [0.2, 0.25) is 0 Å². The van der Waals surface area contributed by atoms with Crippen molar-refractivity contribution in [3.05, 3.63) is 94.7 Å². The predicted octanol–water partition coefficient (Wildman–Crippen LogP) is 5.15. The van der Waals surface area contributed by atoms with Gasteiger partial charge in [0, 0.05) is 25.2 Å². The summed E-state index contributed by atoms with van der Waals surface area (Å²) >= 11 is 0. The zero-order chi connectivity index (χ0) is 23.7. The van der Waals surface area contributed by atoms with E-state index in [1.807, 2.05) is 57.2 Å². The van der Waals surface area contributed by atoms with Crippen molar-refractivity contribution in [3.63, 3.8) is 0 Å². The van der Waals surface area contributed by atoms with Crippen LogP contribution in [0.3, 0.4) is 0 Å². The van der Waals surface area contributed by atoms with Gasteiger partial charge in [0.1, 0.15) is 11.5 Å². The summed E-state index contributed by atoms with van der Waals surface area (Å²) in [4.78, 5) is 14.8. The number of aryl methyl sites for hydroxylation is 3. The number of rotatable bonds is 5. The second kappa shape index (κ2) is 8.82. The normalized spacial score (nSPS) is 10.9. The van der Waals surface area contributed by atoms with E-state index >= 15 is 0 Å². The Morgan fingerprint density at radius 1 is 0.939 bits per heavy atom. The summed E-state index contributed by atoms with van der Waals surface area (Å²) in [5.41, 5.74) is 6.34. The van der Waals surface area contributed by atoms with Crippen LogP contribution in [0, 0.1) is 20.8 Å². The number of nitrogens with zero attached hydrogens (tertiary/aromatic N) is 3. The monoisotopic (exact) mass is 441 g/mol. The minimum atomic E-state index is -0.337. The van der Waals surface area contributed by atoms with Crippen LogP contribution in [-0.4, -0.2) is 37.8 Å². The zero-order valence-electron chi connectivity index (χ0n) is 19.2. The van der Waals surface area contributed by atoms with Crippen LogP contribution in [0.15, 0.2) is 66.9 Å². The summed E-state index contributed by atoms with van der Waals surface area (Å²) in [6, 6.07) is 18.4. The fourth-order valence-electron chi connectivity index (χ4n) is 4.01. The molecule has 6 nitrogen and oxygen atoms in total. The Balaban J connectivity index is 1.71. The van der Waals surface area contributed by atoms with Gasteiger partial charge in [-0.15, -0.1) is 0 Å². The lowest BCUT2D eigenvalue weighted by Crippen LogP contribution is -2.26. The van der Waals surface area contributed by atoms with E-state index in [0.717, 1.165) is 27.9 Å². The number of amides is 1. The smallest absolute Gasteiger partial charge is 0.257 e. The molecule has 0 unspecified atom stereocenters. The average molecular weight is 442 g/mol. The van der Waals surface area contributed by atoms with Crippen LogP contribution >= 0.6 is 0 Å². The number of para-hydroxylation sites is 1. The fraction of sp³-hybridized carbons (Fsp3) is 0.185. The lowest BCUT2D eigenvalue weighted by Gasteiger charge is -2.20. The van der Waals surface area contributed by atoms with Gasteiger partial charge in [-0.2, -0.15) is 5.10 Å². The molecule has 0 spiro atoms. The van der Waals surface area contributed by atoms with Gasteiger partial charge in [-0.05, 0) is 55.7 Å². The second-order valence-electron chi connectivity index (χ2n) is 8.39. The molecule has 168 valence electrons. The largest absolute Gasteiger partial charge is 0.507 e. The Kier molecular flexibility index (Phi) is 5.92. The molecule has 6 heteroatoms. The highest BCUT2D eigenvalue weighted by molar-refractivity contribution is 5.98. The average Bonchev–Trinajstić information content (AvgIpc) is 3.25. The van der Waals surface area contributed by atoms with Crippen molar-refractivity contribution < 1.29 is 15.0 Å². The van der Waals surface area contributed by atoms with Crippen molar-refractivity contribution in [1.29, 1.82) is 0 Å². The molecular weight excluding hydrogens is 414 g/mol. The SMILES string of the molecule is Cc1ccc(CN(C)C(=O)c2cc(-c3ccnn3-c3ccccc3C)c(O)cc2O)c(C)c1. The number of phenols is 2. The number of aromatic hydroxyl groups is 2. The maximum Gasteiger partial charge on any atom is 0.257 e. The summed E-state index contributed by atoms with van der Waals surface area (Å²) in [5.74, 6) is -0.734. The highest BCUT2D eigenvalue weighted by Crippen LogP contribution is 2.36. The molecule has 0 radical (unpaired) electrons. The van der Waals surface area contributed by atoms with Gasteiger partial charge in [-0.25, -0.2) is 4.68 Å². The first kappa shape index (κ1) is 22.1. The molecule has 0 bridgehead atoms. The molecule has 0 aliphatic heterocycles. The van der Waals surface area contributed by atoms with Gasteiger partial charge in [0.2, 0.25) is 0 Å².